The highest BCUT2D eigenvalue weighted by molar-refractivity contribution is 5.82. The van der Waals surface area contributed by atoms with E-state index in [1.165, 1.54) is 19.2 Å². The van der Waals surface area contributed by atoms with Gasteiger partial charge in [0.1, 0.15) is 6.10 Å². The zero-order chi connectivity index (χ0) is 14.8. The molecule has 1 unspecified atom stereocenters. The van der Waals surface area contributed by atoms with E-state index < -0.39 is 11.9 Å². The van der Waals surface area contributed by atoms with Crippen LogP contribution in [0, 0.1) is 5.82 Å². The van der Waals surface area contributed by atoms with Gasteiger partial charge in [0.2, 0.25) is 0 Å². The van der Waals surface area contributed by atoms with Crippen LogP contribution in [0.5, 0.6) is 5.75 Å². The Hall–Kier alpha value is -2.46. The molecule has 0 radical (unpaired) electrons. The molecule has 0 fully saturated rings. The number of aliphatic hydroxyl groups is 1. The van der Waals surface area contributed by atoms with Crippen LogP contribution in [0.1, 0.15) is 17.2 Å². The Morgan fingerprint density at radius 1 is 1.14 bits per heavy atom. The summed E-state index contributed by atoms with van der Waals surface area (Å²) < 4.78 is 18.7. The number of pyridine rings is 1. The quantitative estimate of drug-likeness (QED) is 0.800. The summed E-state index contributed by atoms with van der Waals surface area (Å²) in [5.41, 5.74) is 1.83. The van der Waals surface area contributed by atoms with E-state index in [1.54, 1.807) is 18.3 Å². The number of nitrogens with zero attached hydrogens (tertiary/aromatic N) is 1. The molecule has 0 saturated carbocycles. The third kappa shape index (κ3) is 2.45. The van der Waals surface area contributed by atoms with Gasteiger partial charge >= 0.3 is 0 Å². The van der Waals surface area contributed by atoms with Crippen LogP contribution in [0.25, 0.3) is 10.9 Å². The monoisotopic (exact) mass is 283 g/mol. The van der Waals surface area contributed by atoms with Crippen molar-refractivity contribution >= 4 is 10.9 Å². The summed E-state index contributed by atoms with van der Waals surface area (Å²) in [5, 5.41) is 11.5. The van der Waals surface area contributed by atoms with Crippen LogP contribution >= 0.6 is 0 Å². The first-order valence-electron chi connectivity index (χ1n) is 6.56. The molecule has 3 aromatic rings. The summed E-state index contributed by atoms with van der Waals surface area (Å²) >= 11 is 0. The lowest BCUT2D eigenvalue weighted by Gasteiger charge is -2.14. The van der Waals surface area contributed by atoms with Gasteiger partial charge in [-0.2, -0.15) is 0 Å². The molecule has 0 spiro atoms. The number of aliphatic hydroxyl groups excluding tert-OH is 1. The lowest BCUT2D eigenvalue weighted by molar-refractivity contribution is 0.221. The van der Waals surface area contributed by atoms with Gasteiger partial charge in [-0.3, -0.25) is 4.98 Å². The molecule has 0 aliphatic rings. The van der Waals surface area contributed by atoms with Crippen molar-refractivity contribution < 1.29 is 14.2 Å². The number of benzene rings is 2. The highest BCUT2D eigenvalue weighted by atomic mass is 19.1. The molecular weight excluding hydrogens is 269 g/mol. The maximum Gasteiger partial charge on any atom is 0.165 e. The van der Waals surface area contributed by atoms with Gasteiger partial charge in [-0.1, -0.05) is 30.3 Å². The number of rotatable bonds is 3. The first-order valence-corrected chi connectivity index (χ1v) is 6.56. The number of hydrogen-bond acceptors (Lipinski definition) is 3. The second-order valence-corrected chi connectivity index (χ2v) is 4.72. The minimum atomic E-state index is -0.941. The van der Waals surface area contributed by atoms with E-state index in [0.717, 1.165) is 5.39 Å². The first kappa shape index (κ1) is 13.5. The highest BCUT2D eigenvalue weighted by Crippen LogP contribution is 2.29. The average Bonchev–Trinajstić information content (AvgIpc) is 2.53. The predicted molar refractivity (Wildman–Crippen MR) is 78.8 cm³/mol. The van der Waals surface area contributed by atoms with Gasteiger partial charge in [0.15, 0.2) is 11.6 Å². The Labute approximate surface area is 121 Å². The Balaban J connectivity index is 2.08. The lowest BCUT2D eigenvalue weighted by atomic mass is 9.98. The van der Waals surface area contributed by atoms with Crippen molar-refractivity contribution in [1.29, 1.82) is 0 Å². The number of halogens is 1. The van der Waals surface area contributed by atoms with Crippen LogP contribution in [0.3, 0.4) is 0 Å². The second-order valence-electron chi connectivity index (χ2n) is 4.72. The smallest absolute Gasteiger partial charge is 0.165 e. The molecule has 3 nitrogen and oxygen atoms in total. The van der Waals surface area contributed by atoms with Crippen molar-refractivity contribution in [1.82, 2.24) is 4.98 Å². The Kier molecular flexibility index (Phi) is 3.54. The molecule has 4 heteroatoms. The normalized spacial score (nSPS) is 12.3. The fourth-order valence-corrected chi connectivity index (χ4v) is 2.38. The minimum absolute atomic E-state index is 0.155. The fourth-order valence-electron chi connectivity index (χ4n) is 2.38. The van der Waals surface area contributed by atoms with Crippen LogP contribution in [0.15, 0.2) is 54.7 Å². The van der Waals surface area contributed by atoms with Gasteiger partial charge in [-0.05, 0) is 23.8 Å². The van der Waals surface area contributed by atoms with Gasteiger partial charge < -0.3 is 9.84 Å². The van der Waals surface area contributed by atoms with Crippen LogP contribution < -0.4 is 4.74 Å². The van der Waals surface area contributed by atoms with Gasteiger partial charge in [0.25, 0.3) is 0 Å². The standard InChI is InChI=1S/C17H14FNO2/c1-21-15-8-7-12(10-14(15)18)17(20)13-6-2-4-11-5-3-9-19-16(11)13/h2-10,17,20H,1H3. The molecule has 2 aromatic carbocycles. The van der Waals surface area contributed by atoms with Gasteiger partial charge in [0, 0.05) is 17.1 Å². The number of aromatic nitrogens is 1. The number of ether oxygens (including phenoxy) is 1. The predicted octanol–water partition coefficient (Wildman–Crippen LogP) is 3.46. The van der Waals surface area contributed by atoms with E-state index in [4.69, 9.17) is 4.74 Å². The summed E-state index contributed by atoms with van der Waals surface area (Å²) in [6.07, 6.45) is 0.733. The van der Waals surface area contributed by atoms with Crippen LogP contribution in [-0.2, 0) is 0 Å². The molecule has 3 rings (SSSR count). The third-order valence-corrected chi connectivity index (χ3v) is 3.45. The Morgan fingerprint density at radius 2 is 1.95 bits per heavy atom. The maximum atomic E-state index is 13.8. The van der Waals surface area contributed by atoms with E-state index in [2.05, 4.69) is 4.98 Å². The summed E-state index contributed by atoms with van der Waals surface area (Å²) in [5.74, 6) is -0.343. The van der Waals surface area contributed by atoms with Crippen molar-refractivity contribution in [2.24, 2.45) is 0 Å². The van der Waals surface area contributed by atoms with Crippen LogP contribution in [0.2, 0.25) is 0 Å². The highest BCUT2D eigenvalue weighted by Gasteiger charge is 2.16. The van der Waals surface area contributed by atoms with Crippen molar-refractivity contribution in [2.45, 2.75) is 6.10 Å². The van der Waals surface area contributed by atoms with Gasteiger partial charge in [-0.15, -0.1) is 0 Å². The molecule has 1 atom stereocenters. The summed E-state index contributed by atoms with van der Waals surface area (Å²) in [6, 6.07) is 13.8. The van der Waals surface area contributed by atoms with Crippen molar-refractivity contribution in [3.05, 3.63) is 71.7 Å². The zero-order valence-corrected chi connectivity index (χ0v) is 11.5. The average molecular weight is 283 g/mol. The van der Waals surface area contributed by atoms with E-state index in [0.29, 0.717) is 16.6 Å². The summed E-state index contributed by atoms with van der Waals surface area (Å²) in [4.78, 5) is 4.31. The molecular formula is C17H14FNO2. The second kappa shape index (κ2) is 5.50. The molecule has 0 saturated heterocycles. The third-order valence-electron chi connectivity index (χ3n) is 3.45. The first-order chi connectivity index (χ1) is 10.2. The Bertz CT molecular complexity index is 783. The van der Waals surface area contributed by atoms with Gasteiger partial charge in [-0.25, -0.2) is 4.39 Å². The number of para-hydroxylation sites is 1. The zero-order valence-electron chi connectivity index (χ0n) is 11.5. The lowest BCUT2D eigenvalue weighted by Crippen LogP contribution is -2.02. The van der Waals surface area contributed by atoms with E-state index in [1.807, 2.05) is 24.3 Å². The molecule has 0 bridgehead atoms. The van der Waals surface area contributed by atoms with E-state index >= 15 is 0 Å². The Morgan fingerprint density at radius 3 is 2.71 bits per heavy atom. The molecule has 1 heterocycles. The summed E-state index contributed by atoms with van der Waals surface area (Å²) in [7, 11) is 1.41. The fraction of sp³-hybridized carbons (Fsp3) is 0.118. The molecule has 1 aromatic heterocycles. The van der Waals surface area contributed by atoms with E-state index in [9.17, 15) is 9.50 Å². The van der Waals surface area contributed by atoms with Gasteiger partial charge in [0.05, 0.1) is 12.6 Å². The molecule has 0 amide bonds. The molecule has 1 N–H and O–H groups in total. The molecule has 0 aliphatic heterocycles. The largest absolute Gasteiger partial charge is 0.494 e. The number of hydrogen-bond donors (Lipinski definition) is 1. The number of fused-ring (bicyclic) bond motifs is 1. The minimum Gasteiger partial charge on any atom is -0.494 e. The van der Waals surface area contributed by atoms with E-state index in [-0.39, 0.29) is 5.75 Å². The molecule has 106 valence electrons. The van der Waals surface area contributed by atoms with Crippen LogP contribution in [-0.4, -0.2) is 17.2 Å². The van der Waals surface area contributed by atoms with Crippen molar-refractivity contribution in [3.63, 3.8) is 0 Å². The van der Waals surface area contributed by atoms with Crippen molar-refractivity contribution in [2.75, 3.05) is 7.11 Å². The van der Waals surface area contributed by atoms with Crippen LogP contribution in [0.4, 0.5) is 4.39 Å². The maximum absolute atomic E-state index is 13.8. The number of methoxy groups -OCH3 is 1. The SMILES string of the molecule is COc1ccc(C(O)c2cccc3cccnc23)cc1F. The molecule has 21 heavy (non-hydrogen) atoms. The molecule has 0 aliphatic carbocycles. The topological polar surface area (TPSA) is 42.4 Å². The van der Waals surface area contributed by atoms with Crippen molar-refractivity contribution in [3.8, 4) is 5.75 Å². The summed E-state index contributed by atoms with van der Waals surface area (Å²) in [6.45, 7) is 0.